The second kappa shape index (κ2) is 4.86. The average molecular weight is 242 g/mol. The van der Waals surface area contributed by atoms with Crippen molar-refractivity contribution in [1.29, 1.82) is 0 Å². The molecule has 3 nitrogen and oxygen atoms in total. The first-order valence-electron chi connectivity index (χ1n) is 6.23. The maximum absolute atomic E-state index is 12.1. The van der Waals surface area contributed by atoms with Crippen LogP contribution in [0.1, 0.15) is 32.6 Å². The van der Waals surface area contributed by atoms with E-state index in [1.807, 2.05) is 14.1 Å². The number of rotatable bonds is 0. The van der Waals surface area contributed by atoms with Gasteiger partial charge < -0.3 is 9.80 Å². The van der Waals surface area contributed by atoms with Gasteiger partial charge in [0, 0.05) is 37.2 Å². The molecule has 0 aromatic carbocycles. The van der Waals surface area contributed by atoms with E-state index in [1.54, 1.807) is 4.90 Å². The lowest BCUT2D eigenvalue weighted by Gasteiger charge is -2.46. The fourth-order valence-corrected chi connectivity index (χ4v) is 4.43. The zero-order valence-corrected chi connectivity index (χ0v) is 11.3. The third-order valence-corrected chi connectivity index (χ3v) is 5.07. The van der Waals surface area contributed by atoms with Crippen LogP contribution < -0.4 is 0 Å². The third kappa shape index (κ3) is 2.31. The monoisotopic (exact) mass is 242 g/mol. The number of thioether (sulfide) groups is 1. The zero-order chi connectivity index (χ0) is 11.7. The molecule has 0 spiro atoms. The maximum Gasteiger partial charge on any atom is 0.319 e. The number of carbonyl (C=O) groups excluding carboxylic acids is 1. The molecule has 3 atom stereocenters. The van der Waals surface area contributed by atoms with Gasteiger partial charge in [-0.25, -0.2) is 4.79 Å². The van der Waals surface area contributed by atoms with Crippen LogP contribution in [0.25, 0.3) is 0 Å². The van der Waals surface area contributed by atoms with Crippen LogP contribution in [0.3, 0.4) is 0 Å². The van der Waals surface area contributed by atoms with E-state index in [4.69, 9.17) is 0 Å². The van der Waals surface area contributed by atoms with Crippen molar-refractivity contribution >= 4 is 17.8 Å². The highest BCUT2D eigenvalue weighted by Crippen LogP contribution is 2.38. The third-order valence-electron chi connectivity index (χ3n) is 3.56. The predicted molar refractivity (Wildman–Crippen MR) is 68.9 cm³/mol. The lowest BCUT2D eigenvalue weighted by molar-refractivity contribution is 0.132. The second-order valence-corrected chi connectivity index (χ2v) is 6.85. The molecule has 16 heavy (non-hydrogen) atoms. The molecule has 1 aliphatic heterocycles. The van der Waals surface area contributed by atoms with E-state index in [2.05, 4.69) is 23.6 Å². The highest BCUT2D eigenvalue weighted by molar-refractivity contribution is 8.00. The summed E-state index contributed by atoms with van der Waals surface area (Å²) in [6, 6.07) is 0.689. The molecule has 0 radical (unpaired) electrons. The first-order chi connectivity index (χ1) is 7.59. The topological polar surface area (TPSA) is 23.6 Å². The van der Waals surface area contributed by atoms with Crippen LogP contribution in [0.5, 0.6) is 0 Å². The lowest BCUT2D eigenvalue weighted by Crippen LogP contribution is -2.56. The molecule has 92 valence electrons. The Morgan fingerprint density at radius 3 is 2.69 bits per heavy atom. The maximum atomic E-state index is 12.1. The van der Waals surface area contributed by atoms with Crippen molar-refractivity contribution in [2.75, 3.05) is 20.6 Å². The fraction of sp³-hybridized carbons (Fsp3) is 0.917. The number of urea groups is 1. The minimum atomic E-state index is 0.198. The summed E-state index contributed by atoms with van der Waals surface area (Å²) >= 11 is 2.09. The molecule has 2 rings (SSSR count). The van der Waals surface area contributed by atoms with Crippen LogP contribution in [-0.4, -0.2) is 53.0 Å². The molecule has 1 saturated heterocycles. The zero-order valence-electron chi connectivity index (χ0n) is 10.5. The van der Waals surface area contributed by atoms with Crippen LogP contribution in [0.4, 0.5) is 4.79 Å². The molecule has 0 aromatic heterocycles. The largest absolute Gasteiger partial charge is 0.331 e. The Kier molecular flexibility index (Phi) is 3.67. The van der Waals surface area contributed by atoms with Gasteiger partial charge in [0.2, 0.25) is 0 Å². The summed E-state index contributed by atoms with van der Waals surface area (Å²) in [5.74, 6) is 0. The van der Waals surface area contributed by atoms with Crippen LogP contribution in [0, 0.1) is 0 Å². The van der Waals surface area contributed by atoms with E-state index in [-0.39, 0.29) is 6.03 Å². The Balaban J connectivity index is 2.11. The minimum Gasteiger partial charge on any atom is -0.331 e. The Morgan fingerprint density at radius 1 is 1.31 bits per heavy atom. The van der Waals surface area contributed by atoms with Crippen molar-refractivity contribution in [3.05, 3.63) is 0 Å². The van der Waals surface area contributed by atoms with E-state index < -0.39 is 0 Å². The molecule has 4 heteroatoms. The normalized spacial score (nSPS) is 34.4. The SMILES string of the molecule is CC1CN(C(=O)N(C)C)C2CCCCC2S1. The van der Waals surface area contributed by atoms with Gasteiger partial charge in [0.1, 0.15) is 0 Å². The van der Waals surface area contributed by atoms with Gasteiger partial charge in [0.15, 0.2) is 0 Å². The lowest BCUT2D eigenvalue weighted by atomic mass is 9.93. The van der Waals surface area contributed by atoms with Crippen LogP contribution in [0.15, 0.2) is 0 Å². The number of hydrogen-bond donors (Lipinski definition) is 0. The summed E-state index contributed by atoms with van der Waals surface area (Å²) < 4.78 is 0. The van der Waals surface area contributed by atoms with Crippen LogP contribution in [0.2, 0.25) is 0 Å². The van der Waals surface area contributed by atoms with Crippen LogP contribution in [-0.2, 0) is 0 Å². The molecule has 1 aliphatic carbocycles. The number of hydrogen-bond acceptors (Lipinski definition) is 2. The molecule has 1 heterocycles. The summed E-state index contributed by atoms with van der Waals surface area (Å²) in [7, 11) is 3.71. The number of fused-ring (bicyclic) bond motifs is 1. The van der Waals surface area contributed by atoms with Crippen LogP contribution >= 0.6 is 11.8 Å². The number of nitrogens with zero attached hydrogens (tertiary/aromatic N) is 2. The number of carbonyl (C=O) groups is 1. The van der Waals surface area contributed by atoms with Crippen molar-refractivity contribution in [3.8, 4) is 0 Å². The molecule has 1 saturated carbocycles. The molecule has 0 aromatic rings. The van der Waals surface area contributed by atoms with E-state index >= 15 is 0 Å². The average Bonchev–Trinajstić information content (AvgIpc) is 2.26. The van der Waals surface area contributed by atoms with Crippen molar-refractivity contribution in [2.45, 2.75) is 49.1 Å². The highest BCUT2D eigenvalue weighted by Gasteiger charge is 2.39. The molecular weight excluding hydrogens is 220 g/mol. The van der Waals surface area contributed by atoms with Gasteiger partial charge in [-0.1, -0.05) is 19.8 Å². The Hall–Kier alpha value is -0.380. The second-order valence-electron chi connectivity index (χ2n) is 5.17. The van der Waals surface area contributed by atoms with Gasteiger partial charge in [-0.2, -0.15) is 11.8 Å². The highest BCUT2D eigenvalue weighted by atomic mass is 32.2. The molecular formula is C12H22N2OS. The quantitative estimate of drug-likeness (QED) is 0.651. The van der Waals surface area contributed by atoms with Gasteiger partial charge in [-0.15, -0.1) is 0 Å². The number of amides is 2. The first kappa shape index (κ1) is 12.1. The van der Waals surface area contributed by atoms with Crippen molar-refractivity contribution < 1.29 is 4.79 Å². The first-order valence-corrected chi connectivity index (χ1v) is 7.17. The van der Waals surface area contributed by atoms with Gasteiger partial charge in [-0.05, 0) is 12.8 Å². The smallest absolute Gasteiger partial charge is 0.319 e. The van der Waals surface area contributed by atoms with E-state index in [0.717, 1.165) is 6.54 Å². The van der Waals surface area contributed by atoms with Gasteiger partial charge in [0.05, 0.1) is 0 Å². The minimum absolute atomic E-state index is 0.198. The Bertz CT molecular complexity index is 270. The molecule has 3 unspecified atom stereocenters. The summed E-state index contributed by atoms with van der Waals surface area (Å²) in [4.78, 5) is 16.0. The van der Waals surface area contributed by atoms with Crippen molar-refractivity contribution in [2.24, 2.45) is 0 Å². The summed E-state index contributed by atoms with van der Waals surface area (Å²) in [6.45, 7) is 3.16. The van der Waals surface area contributed by atoms with E-state index in [0.29, 0.717) is 16.5 Å². The molecule has 0 N–H and O–H groups in total. The summed E-state index contributed by atoms with van der Waals surface area (Å²) in [5, 5.41) is 1.27. The molecule has 2 amide bonds. The molecule has 0 bridgehead atoms. The fourth-order valence-electron chi connectivity index (χ4n) is 2.82. The van der Waals surface area contributed by atoms with E-state index in [1.165, 1.54) is 25.7 Å². The molecule has 2 fully saturated rings. The van der Waals surface area contributed by atoms with Gasteiger partial charge >= 0.3 is 6.03 Å². The standard InChI is InChI=1S/C12H22N2OS/c1-9-8-14(12(15)13(2)3)10-6-4-5-7-11(10)16-9/h9-11H,4-8H2,1-3H3. The Labute approximate surface area is 103 Å². The van der Waals surface area contributed by atoms with Gasteiger partial charge in [0.25, 0.3) is 0 Å². The van der Waals surface area contributed by atoms with Crippen molar-refractivity contribution in [1.82, 2.24) is 9.80 Å². The van der Waals surface area contributed by atoms with E-state index in [9.17, 15) is 4.79 Å². The predicted octanol–water partition coefficient (Wildman–Crippen LogP) is 2.42. The summed E-state index contributed by atoms with van der Waals surface area (Å²) in [6.07, 6.45) is 5.11. The Morgan fingerprint density at radius 2 is 2.00 bits per heavy atom. The molecule has 2 aliphatic rings. The van der Waals surface area contributed by atoms with Gasteiger partial charge in [-0.3, -0.25) is 0 Å². The summed E-state index contributed by atoms with van der Waals surface area (Å²) in [5.41, 5.74) is 0. The van der Waals surface area contributed by atoms with Crippen molar-refractivity contribution in [3.63, 3.8) is 0 Å².